The summed E-state index contributed by atoms with van der Waals surface area (Å²) in [5.74, 6) is -0.857. The van der Waals surface area contributed by atoms with E-state index in [-0.39, 0.29) is 5.75 Å². The number of rotatable bonds is 3. The van der Waals surface area contributed by atoms with Gasteiger partial charge in [-0.3, -0.25) is 4.57 Å². The van der Waals surface area contributed by atoms with E-state index in [2.05, 4.69) is 14.5 Å². The molecule has 3 aromatic rings. The van der Waals surface area contributed by atoms with E-state index in [0.717, 1.165) is 0 Å². The van der Waals surface area contributed by atoms with Gasteiger partial charge >= 0.3 is 12.3 Å². The van der Waals surface area contributed by atoms with Crippen LogP contribution < -0.4 is 4.74 Å². The summed E-state index contributed by atoms with van der Waals surface area (Å²) in [6, 6.07) is 10.2. The minimum atomic E-state index is -4.77. The second kappa shape index (κ2) is 5.88. The van der Waals surface area contributed by atoms with Crippen LogP contribution in [0.1, 0.15) is 10.4 Å². The zero-order chi connectivity index (χ0) is 17.3. The lowest BCUT2D eigenvalue weighted by molar-refractivity contribution is -0.274. The molecule has 0 aliphatic rings. The topological polar surface area (TPSA) is 53.3 Å². The molecule has 0 N–H and O–H groups in total. The Morgan fingerprint density at radius 2 is 1.96 bits per heavy atom. The van der Waals surface area contributed by atoms with Gasteiger partial charge in [0, 0.05) is 6.07 Å². The van der Waals surface area contributed by atoms with Crippen molar-refractivity contribution in [2.45, 2.75) is 6.36 Å². The Kier molecular flexibility index (Phi) is 3.88. The minimum Gasteiger partial charge on any atom is -0.465 e. The highest BCUT2D eigenvalue weighted by molar-refractivity contribution is 5.94. The maximum Gasteiger partial charge on any atom is 0.573 e. The fourth-order valence-corrected chi connectivity index (χ4v) is 2.29. The third-order valence-corrected chi connectivity index (χ3v) is 3.30. The molecule has 24 heavy (non-hydrogen) atoms. The molecular formula is C16H11F3N2O3. The molecule has 5 nitrogen and oxygen atoms in total. The Morgan fingerprint density at radius 3 is 2.67 bits per heavy atom. The summed E-state index contributed by atoms with van der Waals surface area (Å²) >= 11 is 0. The molecule has 0 bridgehead atoms. The number of aromatic nitrogens is 2. The minimum absolute atomic E-state index is 0.314. The van der Waals surface area contributed by atoms with E-state index < -0.39 is 12.3 Å². The zero-order valence-corrected chi connectivity index (χ0v) is 12.4. The van der Waals surface area contributed by atoms with E-state index in [0.29, 0.717) is 22.3 Å². The first-order valence-electron chi connectivity index (χ1n) is 6.79. The largest absolute Gasteiger partial charge is 0.573 e. The third-order valence-electron chi connectivity index (χ3n) is 3.30. The molecule has 0 saturated carbocycles. The average Bonchev–Trinajstić information content (AvgIpc) is 2.95. The molecular weight excluding hydrogens is 325 g/mol. The van der Waals surface area contributed by atoms with Gasteiger partial charge in [-0.25, -0.2) is 9.78 Å². The number of nitrogens with zero attached hydrogens (tertiary/aromatic N) is 2. The fourth-order valence-electron chi connectivity index (χ4n) is 2.29. The number of fused-ring (bicyclic) bond motifs is 1. The number of esters is 1. The molecule has 1 aromatic heterocycles. The van der Waals surface area contributed by atoms with Crippen molar-refractivity contribution in [2.24, 2.45) is 0 Å². The summed E-state index contributed by atoms with van der Waals surface area (Å²) in [4.78, 5) is 15.8. The van der Waals surface area contributed by atoms with Crippen molar-refractivity contribution in [1.29, 1.82) is 0 Å². The standard InChI is InChI=1S/C16H11F3N2O3/c1-23-15(22)10-5-6-13-14(7-10)21(9-20-13)11-3-2-4-12(8-11)24-16(17,18)19/h2-9H,1H3. The van der Waals surface area contributed by atoms with Gasteiger partial charge in [0.2, 0.25) is 0 Å². The van der Waals surface area contributed by atoms with Crippen LogP contribution >= 0.6 is 0 Å². The maximum absolute atomic E-state index is 12.4. The van der Waals surface area contributed by atoms with Crippen LogP contribution in [0.15, 0.2) is 48.8 Å². The Balaban J connectivity index is 2.06. The molecule has 2 aromatic carbocycles. The number of halogens is 3. The maximum atomic E-state index is 12.4. The predicted octanol–water partition coefficient (Wildman–Crippen LogP) is 3.71. The molecule has 0 saturated heterocycles. The molecule has 0 amide bonds. The summed E-state index contributed by atoms with van der Waals surface area (Å²) in [7, 11) is 1.27. The SMILES string of the molecule is COC(=O)c1ccc2ncn(-c3cccc(OC(F)(F)F)c3)c2c1. The van der Waals surface area contributed by atoms with Crippen LogP contribution in [0.25, 0.3) is 16.7 Å². The molecule has 0 spiro atoms. The van der Waals surface area contributed by atoms with Crippen LogP contribution in [-0.2, 0) is 4.74 Å². The van der Waals surface area contributed by atoms with Crippen LogP contribution in [0.5, 0.6) is 5.75 Å². The number of benzene rings is 2. The Bertz CT molecular complexity index is 903. The second-order valence-electron chi connectivity index (χ2n) is 4.85. The van der Waals surface area contributed by atoms with Crippen molar-refractivity contribution >= 4 is 17.0 Å². The van der Waals surface area contributed by atoms with Gasteiger partial charge in [-0.05, 0) is 30.3 Å². The first kappa shape index (κ1) is 15.9. The van der Waals surface area contributed by atoms with Gasteiger partial charge in [-0.2, -0.15) is 0 Å². The van der Waals surface area contributed by atoms with Crippen LogP contribution in [0, 0.1) is 0 Å². The van der Waals surface area contributed by atoms with Crippen molar-refractivity contribution in [1.82, 2.24) is 9.55 Å². The van der Waals surface area contributed by atoms with Crippen molar-refractivity contribution in [3.8, 4) is 11.4 Å². The molecule has 0 aliphatic carbocycles. The predicted molar refractivity (Wildman–Crippen MR) is 79.1 cm³/mol. The van der Waals surface area contributed by atoms with E-state index in [1.807, 2.05) is 0 Å². The molecule has 3 rings (SSSR count). The van der Waals surface area contributed by atoms with Gasteiger partial charge in [-0.15, -0.1) is 13.2 Å². The van der Waals surface area contributed by atoms with E-state index in [9.17, 15) is 18.0 Å². The number of ether oxygens (including phenoxy) is 2. The highest BCUT2D eigenvalue weighted by atomic mass is 19.4. The van der Waals surface area contributed by atoms with Gasteiger partial charge in [0.15, 0.2) is 0 Å². The number of hydrogen-bond acceptors (Lipinski definition) is 4. The molecule has 0 radical (unpaired) electrons. The fraction of sp³-hybridized carbons (Fsp3) is 0.125. The zero-order valence-electron chi connectivity index (χ0n) is 12.4. The van der Waals surface area contributed by atoms with Crippen molar-refractivity contribution in [2.75, 3.05) is 7.11 Å². The van der Waals surface area contributed by atoms with Crippen LogP contribution in [0.3, 0.4) is 0 Å². The number of carbonyl (C=O) groups excluding carboxylic acids is 1. The number of methoxy groups -OCH3 is 1. The van der Waals surface area contributed by atoms with Crippen molar-refractivity contribution < 1.29 is 27.4 Å². The normalized spacial score (nSPS) is 11.5. The highest BCUT2D eigenvalue weighted by Gasteiger charge is 2.31. The molecule has 0 atom stereocenters. The smallest absolute Gasteiger partial charge is 0.465 e. The number of alkyl halides is 3. The lowest BCUT2D eigenvalue weighted by atomic mass is 10.2. The summed E-state index contributed by atoms with van der Waals surface area (Å²) < 4.78 is 47.2. The van der Waals surface area contributed by atoms with E-state index in [1.165, 1.54) is 31.6 Å². The third kappa shape index (κ3) is 3.17. The average molecular weight is 336 g/mol. The summed E-state index contributed by atoms with van der Waals surface area (Å²) in [5, 5.41) is 0. The number of imidazole rings is 1. The molecule has 1 heterocycles. The number of carbonyl (C=O) groups is 1. The second-order valence-corrected chi connectivity index (χ2v) is 4.85. The molecule has 0 unspecified atom stereocenters. The molecule has 8 heteroatoms. The number of hydrogen-bond donors (Lipinski definition) is 0. The summed E-state index contributed by atoms with van der Waals surface area (Å²) in [5.41, 5.74) is 1.88. The first-order valence-corrected chi connectivity index (χ1v) is 6.79. The van der Waals surface area contributed by atoms with Crippen molar-refractivity contribution in [3.05, 3.63) is 54.4 Å². The van der Waals surface area contributed by atoms with E-state index in [1.54, 1.807) is 28.8 Å². The quantitative estimate of drug-likeness (QED) is 0.684. The van der Waals surface area contributed by atoms with Gasteiger partial charge in [0.25, 0.3) is 0 Å². The first-order chi connectivity index (χ1) is 11.4. The Morgan fingerprint density at radius 1 is 1.17 bits per heavy atom. The van der Waals surface area contributed by atoms with Crippen molar-refractivity contribution in [3.63, 3.8) is 0 Å². The van der Waals surface area contributed by atoms with E-state index in [4.69, 9.17) is 0 Å². The Labute approximate surface area is 134 Å². The van der Waals surface area contributed by atoms with Gasteiger partial charge in [-0.1, -0.05) is 6.07 Å². The lowest BCUT2D eigenvalue weighted by Crippen LogP contribution is -2.17. The van der Waals surface area contributed by atoms with Crippen LogP contribution in [0.2, 0.25) is 0 Å². The molecule has 0 fully saturated rings. The summed E-state index contributed by atoms with van der Waals surface area (Å²) in [6.07, 6.45) is -3.31. The van der Waals surface area contributed by atoms with Gasteiger partial charge < -0.3 is 9.47 Å². The lowest BCUT2D eigenvalue weighted by Gasteiger charge is -2.11. The Hall–Kier alpha value is -3.03. The molecule has 0 aliphatic heterocycles. The van der Waals surface area contributed by atoms with Crippen LogP contribution in [-0.4, -0.2) is 29.0 Å². The van der Waals surface area contributed by atoms with Gasteiger partial charge in [0.1, 0.15) is 12.1 Å². The summed E-state index contributed by atoms with van der Waals surface area (Å²) in [6.45, 7) is 0. The monoisotopic (exact) mass is 336 g/mol. The molecule has 124 valence electrons. The van der Waals surface area contributed by atoms with Crippen LogP contribution in [0.4, 0.5) is 13.2 Å². The van der Waals surface area contributed by atoms with Gasteiger partial charge in [0.05, 0.1) is 29.4 Å². The highest BCUT2D eigenvalue weighted by Crippen LogP contribution is 2.26. The van der Waals surface area contributed by atoms with E-state index >= 15 is 0 Å².